The van der Waals surface area contributed by atoms with Gasteiger partial charge in [-0.05, 0) is 37.1 Å². The first-order valence-corrected chi connectivity index (χ1v) is 6.58. The Morgan fingerprint density at radius 1 is 1.37 bits per heavy atom. The van der Waals surface area contributed by atoms with E-state index in [-0.39, 0.29) is 6.04 Å². The molecule has 0 amide bonds. The minimum Gasteiger partial charge on any atom is -0.369 e. The number of fused-ring (bicyclic) bond motifs is 1. The van der Waals surface area contributed by atoms with Crippen LogP contribution in [0.4, 0.5) is 5.69 Å². The molecule has 1 aliphatic rings. The first-order chi connectivity index (χ1) is 9.29. The molecule has 1 aromatic heterocycles. The summed E-state index contributed by atoms with van der Waals surface area (Å²) in [6, 6.07) is 10.2. The number of hydrogen-bond donors (Lipinski definition) is 1. The van der Waals surface area contributed by atoms with E-state index in [1.165, 1.54) is 0 Å². The lowest BCUT2D eigenvalue weighted by atomic mass is 10.0. The van der Waals surface area contributed by atoms with Crippen molar-refractivity contribution in [2.24, 2.45) is 5.73 Å². The summed E-state index contributed by atoms with van der Waals surface area (Å²) >= 11 is 0. The highest BCUT2D eigenvalue weighted by Gasteiger charge is 2.19. The van der Waals surface area contributed by atoms with Crippen LogP contribution in [0.25, 0.3) is 10.9 Å². The average molecular weight is 252 g/mol. The Labute approximate surface area is 112 Å². The van der Waals surface area contributed by atoms with Gasteiger partial charge >= 0.3 is 0 Å². The molecule has 2 heterocycles. The molecule has 1 aliphatic heterocycles. The number of aromatic nitrogens is 1. The van der Waals surface area contributed by atoms with Crippen molar-refractivity contribution in [2.75, 3.05) is 18.0 Å². The average Bonchev–Trinajstić information content (AvgIpc) is 2.46. The van der Waals surface area contributed by atoms with Gasteiger partial charge in [0, 0.05) is 36.4 Å². The maximum atomic E-state index is 9.16. The van der Waals surface area contributed by atoms with Crippen LogP contribution in [-0.4, -0.2) is 24.1 Å². The molecule has 0 aliphatic carbocycles. The van der Waals surface area contributed by atoms with Crippen molar-refractivity contribution in [1.82, 2.24) is 4.98 Å². The van der Waals surface area contributed by atoms with Gasteiger partial charge in [-0.2, -0.15) is 5.26 Å². The number of hydrogen-bond acceptors (Lipinski definition) is 4. The van der Waals surface area contributed by atoms with Crippen LogP contribution in [0.5, 0.6) is 0 Å². The van der Waals surface area contributed by atoms with Gasteiger partial charge < -0.3 is 10.6 Å². The number of rotatable bonds is 1. The van der Waals surface area contributed by atoms with Gasteiger partial charge in [0.05, 0.1) is 11.1 Å². The first-order valence-electron chi connectivity index (χ1n) is 6.58. The summed E-state index contributed by atoms with van der Waals surface area (Å²) in [5.41, 5.74) is 8.59. The largest absolute Gasteiger partial charge is 0.369 e. The molecule has 2 N–H and O–H groups in total. The molecule has 0 bridgehead atoms. The molecule has 0 saturated carbocycles. The SMILES string of the molecule is N#Cc1ccc(N2CCC[C@@H](N)C2)c2cccnc12. The van der Waals surface area contributed by atoms with E-state index in [1.54, 1.807) is 6.20 Å². The Morgan fingerprint density at radius 3 is 3.05 bits per heavy atom. The number of anilines is 1. The molecule has 4 nitrogen and oxygen atoms in total. The third-order valence-electron chi connectivity index (χ3n) is 3.67. The van der Waals surface area contributed by atoms with Crippen LogP contribution < -0.4 is 10.6 Å². The van der Waals surface area contributed by atoms with Gasteiger partial charge in [0.1, 0.15) is 6.07 Å². The van der Waals surface area contributed by atoms with Crippen LogP contribution in [0.3, 0.4) is 0 Å². The quantitative estimate of drug-likeness (QED) is 0.843. The molecule has 4 heteroatoms. The Bertz CT molecular complexity index is 644. The van der Waals surface area contributed by atoms with Crippen molar-refractivity contribution in [1.29, 1.82) is 5.26 Å². The Hall–Kier alpha value is -2.12. The number of nitrogens with two attached hydrogens (primary N) is 1. The molecule has 0 radical (unpaired) electrons. The van der Waals surface area contributed by atoms with Gasteiger partial charge in [-0.25, -0.2) is 0 Å². The van der Waals surface area contributed by atoms with Gasteiger partial charge in [0.25, 0.3) is 0 Å². The number of benzene rings is 1. The second kappa shape index (κ2) is 4.87. The molecule has 0 unspecified atom stereocenters. The zero-order chi connectivity index (χ0) is 13.2. The highest BCUT2D eigenvalue weighted by molar-refractivity contribution is 5.95. The zero-order valence-electron chi connectivity index (χ0n) is 10.7. The summed E-state index contributed by atoms with van der Waals surface area (Å²) in [7, 11) is 0. The predicted molar refractivity (Wildman–Crippen MR) is 75.9 cm³/mol. The normalized spacial score (nSPS) is 19.4. The molecule has 96 valence electrons. The summed E-state index contributed by atoms with van der Waals surface area (Å²) < 4.78 is 0. The summed E-state index contributed by atoms with van der Waals surface area (Å²) in [6.07, 6.45) is 3.93. The van der Waals surface area contributed by atoms with E-state index in [0.717, 1.165) is 42.5 Å². The summed E-state index contributed by atoms with van der Waals surface area (Å²) in [6.45, 7) is 1.89. The molecule has 0 spiro atoms. The third-order valence-corrected chi connectivity index (χ3v) is 3.67. The van der Waals surface area contributed by atoms with Crippen LogP contribution in [0.1, 0.15) is 18.4 Å². The third kappa shape index (κ3) is 2.13. The lowest BCUT2D eigenvalue weighted by molar-refractivity contribution is 0.507. The van der Waals surface area contributed by atoms with E-state index in [2.05, 4.69) is 16.0 Å². The minimum absolute atomic E-state index is 0.233. The number of nitriles is 1. The molecule has 19 heavy (non-hydrogen) atoms. The summed E-state index contributed by atoms with van der Waals surface area (Å²) in [5.74, 6) is 0. The second-order valence-corrected chi connectivity index (χ2v) is 4.99. The smallest absolute Gasteiger partial charge is 0.101 e. The zero-order valence-corrected chi connectivity index (χ0v) is 10.7. The van der Waals surface area contributed by atoms with Crippen LogP contribution in [0, 0.1) is 11.3 Å². The number of piperidine rings is 1. The van der Waals surface area contributed by atoms with Gasteiger partial charge in [0.15, 0.2) is 0 Å². The molecule has 1 saturated heterocycles. The van der Waals surface area contributed by atoms with Gasteiger partial charge in [-0.1, -0.05) is 0 Å². The van der Waals surface area contributed by atoms with Crippen molar-refractivity contribution >= 4 is 16.6 Å². The predicted octanol–water partition coefficient (Wildman–Crippen LogP) is 2.03. The highest BCUT2D eigenvalue weighted by Crippen LogP contribution is 2.29. The van der Waals surface area contributed by atoms with E-state index in [9.17, 15) is 0 Å². The van der Waals surface area contributed by atoms with Gasteiger partial charge in [0.2, 0.25) is 0 Å². The fourth-order valence-electron chi connectivity index (χ4n) is 2.75. The standard InChI is InChI=1S/C15H16N4/c16-9-11-5-6-14(13-4-1-7-18-15(11)13)19-8-2-3-12(17)10-19/h1,4-7,12H,2-3,8,10,17H2/t12-/m1/s1. The number of pyridine rings is 1. The first kappa shape index (κ1) is 11.9. The molecular weight excluding hydrogens is 236 g/mol. The second-order valence-electron chi connectivity index (χ2n) is 4.99. The maximum absolute atomic E-state index is 9.16. The van der Waals surface area contributed by atoms with E-state index >= 15 is 0 Å². The Balaban J connectivity index is 2.12. The summed E-state index contributed by atoms with van der Waals surface area (Å²) in [5, 5.41) is 10.2. The molecule has 2 aromatic rings. The fraction of sp³-hybridized carbons (Fsp3) is 0.333. The monoisotopic (exact) mass is 252 g/mol. The van der Waals surface area contributed by atoms with Gasteiger partial charge in [-0.15, -0.1) is 0 Å². The van der Waals surface area contributed by atoms with E-state index < -0.39 is 0 Å². The lowest BCUT2D eigenvalue weighted by Crippen LogP contribution is -2.42. The van der Waals surface area contributed by atoms with Crippen molar-refractivity contribution in [2.45, 2.75) is 18.9 Å². The van der Waals surface area contributed by atoms with Crippen molar-refractivity contribution < 1.29 is 0 Å². The van der Waals surface area contributed by atoms with Crippen LogP contribution in [0.2, 0.25) is 0 Å². The van der Waals surface area contributed by atoms with E-state index in [0.29, 0.717) is 5.56 Å². The molecule has 1 aromatic carbocycles. The van der Waals surface area contributed by atoms with E-state index in [4.69, 9.17) is 11.0 Å². The number of nitrogens with zero attached hydrogens (tertiary/aromatic N) is 3. The van der Waals surface area contributed by atoms with Crippen molar-refractivity contribution in [3.8, 4) is 6.07 Å². The van der Waals surface area contributed by atoms with Crippen molar-refractivity contribution in [3.05, 3.63) is 36.0 Å². The fourth-order valence-corrected chi connectivity index (χ4v) is 2.75. The van der Waals surface area contributed by atoms with Crippen LogP contribution >= 0.6 is 0 Å². The highest BCUT2D eigenvalue weighted by atomic mass is 15.2. The van der Waals surface area contributed by atoms with Crippen LogP contribution in [-0.2, 0) is 0 Å². The van der Waals surface area contributed by atoms with Crippen LogP contribution in [0.15, 0.2) is 30.5 Å². The maximum Gasteiger partial charge on any atom is 0.101 e. The van der Waals surface area contributed by atoms with E-state index in [1.807, 2.05) is 24.3 Å². The topological polar surface area (TPSA) is 65.9 Å². The van der Waals surface area contributed by atoms with Crippen molar-refractivity contribution in [3.63, 3.8) is 0 Å². The molecule has 1 atom stereocenters. The summed E-state index contributed by atoms with van der Waals surface area (Å²) in [4.78, 5) is 6.65. The Kier molecular flexibility index (Phi) is 3.06. The molecule has 3 rings (SSSR count). The van der Waals surface area contributed by atoms with Gasteiger partial charge in [-0.3, -0.25) is 4.98 Å². The molecule has 1 fully saturated rings. The Morgan fingerprint density at radius 2 is 2.26 bits per heavy atom. The minimum atomic E-state index is 0.233. The molecular formula is C15H16N4. The lowest BCUT2D eigenvalue weighted by Gasteiger charge is -2.33.